The number of nitrogens with one attached hydrogen (secondary N) is 1. The molecule has 0 aliphatic carbocycles. The molecule has 0 atom stereocenters. The van der Waals surface area contributed by atoms with E-state index in [4.69, 9.17) is 5.73 Å². The first-order chi connectivity index (χ1) is 10.7. The predicted molar refractivity (Wildman–Crippen MR) is 71.8 cm³/mol. The average molecular weight is 331 g/mol. The molecule has 1 aromatic heterocycles. The van der Waals surface area contributed by atoms with Crippen LogP contribution in [0.5, 0.6) is 0 Å². The molecule has 2 aromatic rings. The number of rotatable bonds is 4. The van der Waals surface area contributed by atoms with Gasteiger partial charge in [0.05, 0.1) is 10.5 Å². The SMILES string of the molecule is Nc1nc(NCc2cc(F)ccc2C(F)(F)F)ncc1[N+](=O)[O-]. The van der Waals surface area contributed by atoms with Gasteiger partial charge >= 0.3 is 11.9 Å². The summed E-state index contributed by atoms with van der Waals surface area (Å²) in [6.45, 7) is -0.441. The Hall–Kier alpha value is -2.98. The van der Waals surface area contributed by atoms with Crippen molar-refractivity contribution in [2.24, 2.45) is 0 Å². The van der Waals surface area contributed by atoms with Crippen LogP contribution in [-0.4, -0.2) is 14.9 Å². The van der Waals surface area contributed by atoms with Crippen molar-refractivity contribution in [2.75, 3.05) is 11.1 Å². The normalized spacial score (nSPS) is 11.3. The van der Waals surface area contributed by atoms with Crippen LogP contribution in [0.25, 0.3) is 0 Å². The van der Waals surface area contributed by atoms with E-state index >= 15 is 0 Å². The smallest absolute Gasteiger partial charge is 0.378 e. The maximum Gasteiger partial charge on any atom is 0.416 e. The highest BCUT2D eigenvalue weighted by molar-refractivity contribution is 5.53. The third-order valence-electron chi connectivity index (χ3n) is 2.80. The molecule has 23 heavy (non-hydrogen) atoms. The van der Waals surface area contributed by atoms with E-state index in [2.05, 4.69) is 15.3 Å². The molecule has 122 valence electrons. The van der Waals surface area contributed by atoms with Crippen molar-refractivity contribution in [1.29, 1.82) is 0 Å². The number of alkyl halides is 3. The number of hydrogen-bond acceptors (Lipinski definition) is 6. The third-order valence-corrected chi connectivity index (χ3v) is 2.80. The first-order valence-electron chi connectivity index (χ1n) is 6.05. The lowest BCUT2D eigenvalue weighted by molar-refractivity contribution is -0.384. The molecular weight excluding hydrogens is 322 g/mol. The first kappa shape index (κ1) is 16.4. The molecule has 7 nitrogen and oxygen atoms in total. The van der Waals surface area contributed by atoms with Gasteiger partial charge in [-0.15, -0.1) is 0 Å². The number of nitrogen functional groups attached to an aromatic ring is 1. The Kier molecular flexibility index (Phi) is 4.29. The molecule has 1 heterocycles. The Bertz CT molecular complexity index is 751. The minimum Gasteiger partial charge on any atom is -0.378 e. The number of hydrogen-bond donors (Lipinski definition) is 2. The molecule has 0 fully saturated rings. The molecule has 0 amide bonds. The van der Waals surface area contributed by atoms with Crippen molar-refractivity contribution < 1.29 is 22.5 Å². The van der Waals surface area contributed by atoms with E-state index in [0.29, 0.717) is 12.1 Å². The summed E-state index contributed by atoms with van der Waals surface area (Å²) >= 11 is 0. The Labute approximate surface area is 126 Å². The van der Waals surface area contributed by atoms with Gasteiger partial charge in [0.25, 0.3) is 0 Å². The van der Waals surface area contributed by atoms with Gasteiger partial charge < -0.3 is 11.1 Å². The van der Waals surface area contributed by atoms with Crippen molar-refractivity contribution in [2.45, 2.75) is 12.7 Å². The minimum atomic E-state index is -4.65. The maximum absolute atomic E-state index is 13.1. The fraction of sp³-hybridized carbons (Fsp3) is 0.167. The van der Waals surface area contributed by atoms with Crippen LogP contribution in [0.4, 0.5) is 35.0 Å². The number of benzene rings is 1. The van der Waals surface area contributed by atoms with Gasteiger partial charge in [-0.2, -0.15) is 18.2 Å². The Morgan fingerprint density at radius 1 is 1.35 bits per heavy atom. The van der Waals surface area contributed by atoms with Crippen LogP contribution in [0, 0.1) is 15.9 Å². The van der Waals surface area contributed by atoms with E-state index in [-0.39, 0.29) is 11.5 Å². The maximum atomic E-state index is 13.1. The zero-order valence-corrected chi connectivity index (χ0v) is 11.3. The lowest BCUT2D eigenvalue weighted by atomic mass is 10.1. The number of halogens is 4. The van der Waals surface area contributed by atoms with E-state index in [1.165, 1.54) is 0 Å². The van der Waals surface area contributed by atoms with Crippen LogP contribution in [0.2, 0.25) is 0 Å². The molecule has 11 heteroatoms. The van der Waals surface area contributed by atoms with E-state index < -0.39 is 40.5 Å². The van der Waals surface area contributed by atoms with Gasteiger partial charge in [0, 0.05) is 6.54 Å². The second kappa shape index (κ2) is 6.02. The number of nitro groups is 1. The minimum absolute atomic E-state index is 0.217. The molecule has 0 bridgehead atoms. The summed E-state index contributed by atoms with van der Waals surface area (Å²) < 4.78 is 51.7. The van der Waals surface area contributed by atoms with E-state index in [9.17, 15) is 27.7 Å². The average Bonchev–Trinajstić information content (AvgIpc) is 2.43. The van der Waals surface area contributed by atoms with Crippen LogP contribution >= 0.6 is 0 Å². The van der Waals surface area contributed by atoms with Crippen molar-refractivity contribution >= 4 is 17.5 Å². The fourth-order valence-corrected chi connectivity index (χ4v) is 1.77. The van der Waals surface area contributed by atoms with Crippen molar-refractivity contribution in [3.63, 3.8) is 0 Å². The summed E-state index contributed by atoms with van der Waals surface area (Å²) in [5, 5.41) is 13.0. The summed E-state index contributed by atoms with van der Waals surface area (Å²) in [5.41, 5.74) is 3.44. The molecule has 0 saturated heterocycles. The van der Waals surface area contributed by atoms with Crippen molar-refractivity contribution in [1.82, 2.24) is 9.97 Å². The quantitative estimate of drug-likeness (QED) is 0.507. The van der Waals surface area contributed by atoms with Gasteiger partial charge in [0.1, 0.15) is 12.0 Å². The highest BCUT2D eigenvalue weighted by atomic mass is 19.4. The van der Waals surface area contributed by atoms with E-state index in [0.717, 1.165) is 12.3 Å². The van der Waals surface area contributed by atoms with Crippen LogP contribution in [0.15, 0.2) is 24.4 Å². The molecule has 3 N–H and O–H groups in total. The summed E-state index contributed by atoms with van der Waals surface area (Å²) in [7, 11) is 0. The predicted octanol–water partition coefficient (Wildman–Crippen LogP) is 2.74. The van der Waals surface area contributed by atoms with Gasteiger partial charge in [-0.1, -0.05) is 0 Å². The van der Waals surface area contributed by atoms with Crippen LogP contribution in [0.1, 0.15) is 11.1 Å². The lowest BCUT2D eigenvalue weighted by Crippen LogP contribution is -2.13. The number of nitrogens with zero attached hydrogens (tertiary/aromatic N) is 3. The number of nitrogens with two attached hydrogens (primary N) is 1. The summed E-state index contributed by atoms with van der Waals surface area (Å²) in [4.78, 5) is 16.9. The summed E-state index contributed by atoms with van der Waals surface area (Å²) in [6, 6.07) is 2.05. The third kappa shape index (κ3) is 3.81. The Morgan fingerprint density at radius 2 is 2.04 bits per heavy atom. The zero-order valence-electron chi connectivity index (χ0n) is 11.3. The van der Waals surface area contributed by atoms with Crippen LogP contribution in [0.3, 0.4) is 0 Å². The summed E-state index contributed by atoms with van der Waals surface area (Å²) in [5.74, 6) is -1.49. The second-order valence-corrected chi connectivity index (χ2v) is 4.37. The Morgan fingerprint density at radius 3 is 2.61 bits per heavy atom. The number of aromatic nitrogens is 2. The van der Waals surface area contributed by atoms with Crippen LogP contribution in [-0.2, 0) is 12.7 Å². The lowest BCUT2D eigenvalue weighted by Gasteiger charge is -2.13. The highest BCUT2D eigenvalue weighted by Gasteiger charge is 2.33. The monoisotopic (exact) mass is 331 g/mol. The van der Waals surface area contributed by atoms with Crippen molar-refractivity contribution in [3.8, 4) is 0 Å². The first-order valence-corrected chi connectivity index (χ1v) is 6.05. The Balaban J connectivity index is 2.23. The molecule has 2 rings (SSSR count). The second-order valence-electron chi connectivity index (χ2n) is 4.37. The molecular formula is C12H9F4N5O2. The molecule has 0 saturated carbocycles. The summed E-state index contributed by atoms with van der Waals surface area (Å²) in [6.07, 6.45) is -3.83. The molecule has 0 radical (unpaired) electrons. The topological polar surface area (TPSA) is 107 Å². The molecule has 0 aliphatic rings. The van der Waals surface area contributed by atoms with Gasteiger partial charge in [-0.3, -0.25) is 10.1 Å². The van der Waals surface area contributed by atoms with Gasteiger partial charge in [0.2, 0.25) is 11.8 Å². The van der Waals surface area contributed by atoms with Gasteiger partial charge in [-0.05, 0) is 23.8 Å². The molecule has 1 aromatic carbocycles. The largest absolute Gasteiger partial charge is 0.416 e. The van der Waals surface area contributed by atoms with Gasteiger partial charge in [-0.25, -0.2) is 9.37 Å². The van der Waals surface area contributed by atoms with Gasteiger partial charge in [0.15, 0.2) is 0 Å². The number of anilines is 2. The standard InChI is InChI=1S/C12H9F4N5O2/c13-7-1-2-8(12(14,15)16)6(3-7)4-18-11-19-5-9(21(22)23)10(17)20-11/h1-3,5H,4H2,(H3,17,18,19,20). The van der Waals surface area contributed by atoms with Crippen LogP contribution < -0.4 is 11.1 Å². The molecule has 0 spiro atoms. The molecule has 0 unspecified atom stereocenters. The van der Waals surface area contributed by atoms with E-state index in [1.807, 2.05) is 0 Å². The zero-order chi connectivity index (χ0) is 17.2. The van der Waals surface area contributed by atoms with Crippen molar-refractivity contribution in [3.05, 3.63) is 51.5 Å². The highest BCUT2D eigenvalue weighted by Crippen LogP contribution is 2.32. The molecule has 0 aliphatic heterocycles. The fourth-order valence-electron chi connectivity index (χ4n) is 1.77. The van der Waals surface area contributed by atoms with E-state index in [1.54, 1.807) is 0 Å².